The summed E-state index contributed by atoms with van der Waals surface area (Å²) in [5.41, 5.74) is 30.3. The van der Waals surface area contributed by atoms with Crippen molar-refractivity contribution in [2.75, 3.05) is 9.71 Å². The molecule has 4 aliphatic rings. The number of benzene rings is 8. The Kier molecular flexibility index (Phi) is 11.1. The number of rotatable bonds is 4. The lowest BCUT2D eigenvalue weighted by molar-refractivity contribution is 0.332. The van der Waals surface area contributed by atoms with Gasteiger partial charge in [-0.25, -0.2) is 0 Å². The van der Waals surface area contributed by atoms with E-state index in [-0.39, 0.29) is 44.8 Å². The van der Waals surface area contributed by atoms with Gasteiger partial charge in [0.1, 0.15) is 0 Å². The number of hydrogen-bond acceptors (Lipinski definition) is 2. The fourth-order valence-corrected chi connectivity index (χ4v) is 14.8. The van der Waals surface area contributed by atoms with E-state index >= 15 is 0 Å². The summed E-state index contributed by atoms with van der Waals surface area (Å²) >= 11 is 0. The van der Waals surface area contributed by atoms with E-state index in [1.165, 1.54) is 129 Å². The second-order valence-corrected chi connectivity index (χ2v) is 30.7. The van der Waals surface area contributed by atoms with Crippen LogP contribution in [0.4, 0.5) is 28.4 Å². The summed E-state index contributed by atoms with van der Waals surface area (Å²) in [4.78, 5) is 5.35. The molecule has 0 radical (unpaired) electrons. The van der Waals surface area contributed by atoms with E-state index in [1.54, 1.807) is 0 Å². The summed E-state index contributed by atoms with van der Waals surface area (Å²) in [7, 11) is 0. The third-order valence-corrected chi connectivity index (χ3v) is 19.7. The number of hydrogen-bond donors (Lipinski definition) is 0. The molecule has 13 rings (SSSR count). The molecule has 0 unspecified atom stereocenters. The summed E-state index contributed by atoms with van der Waals surface area (Å²) in [6, 6.07) is 56.0. The van der Waals surface area contributed by atoms with Gasteiger partial charge in [0.15, 0.2) is 0 Å². The van der Waals surface area contributed by atoms with E-state index in [0.29, 0.717) is 0 Å². The van der Waals surface area contributed by atoms with Crippen molar-refractivity contribution in [3.05, 3.63) is 190 Å². The van der Waals surface area contributed by atoms with Crippen LogP contribution in [0.5, 0.6) is 0 Å². The molecule has 0 saturated carbocycles. The molecule has 2 aliphatic heterocycles. The second kappa shape index (κ2) is 16.9. The van der Waals surface area contributed by atoms with Gasteiger partial charge in [0.05, 0.1) is 11.0 Å². The van der Waals surface area contributed by atoms with E-state index in [9.17, 15) is 0 Å². The molecule has 1 aromatic heterocycles. The quantitative estimate of drug-likeness (QED) is 0.163. The molecule has 9 aromatic rings. The first-order valence-corrected chi connectivity index (χ1v) is 29.9. The van der Waals surface area contributed by atoms with Crippen LogP contribution >= 0.6 is 0 Å². The van der Waals surface area contributed by atoms with E-state index in [4.69, 9.17) is 0 Å². The summed E-state index contributed by atoms with van der Waals surface area (Å²) in [6.07, 6.45) is 2.33. The van der Waals surface area contributed by atoms with Crippen molar-refractivity contribution in [2.24, 2.45) is 0 Å². The second-order valence-electron chi connectivity index (χ2n) is 30.7. The average Bonchev–Trinajstić information content (AvgIpc) is 3.76. The Morgan fingerprint density at radius 3 is 1.57 bits per heavy atom. The minimum absolute atomic E-state index is 0.0144. The highest BCUT2D eigenvalue weighted by Gasteiger charge is 2.50. The molecule has 0 spiro atoms. The highest BCUT2D eigenvalue weighted by Crippen LogP contribution is 2.58. The van der Waals surface area contributed by atoms with Crippen LogP contribution in [0, 0.1) is 6.92 Å². The molecular weight excluding hydrogens is 966 g/mol. The third kappa shape index (κ3) is 7.73. The number of aryl methyl sites for hydroxylation is 1. The maximum Gasteiger partial charge on any atom is 0.333 e. The molecule has 80 heavy (non-hydrogen) atoms. The van der Waals surface area contributed by atoms with Crippen molar-refractivity contribution >= 4 is 68.0 Å². The lowest BCUT2D eigenvalue weighted by Gasteiger charge is -2.47. The average molecular weight is 1050 g/mol. The molecule has 0 amide bonds. The fourth-order valence-electron chi connectivity index (χ4n) is 14.8. The van der Waals surface area contributed by atoms with Gasteiger partial charge in [-0.15, -0.1) is 0 Å². The first-order chi connectivity index (χ1) is 37.4. The first kappa shape index (κ1) is 52.6. The van der Waals surface area contributed by atoms with E-state index in [0.717, 1.165) is 23.5 Å². The van der Waals surface area contributed by atoms with Gasteiger partial charge in [-0.3, -0.25) is 0 Å². The molecular formula is C76H84BN3. The molecule has 0 N–H and O–H groups in total. The van der Waals surface area contributed by atoms with Crippen molar-refractivity contribution in [3.8, 4) is 27.9 Å². The Balaban J connectivity index is 1.20. The molecule has 4 heteroatoms. The number of fused-ring (bicyclic) bond motifs is 12. The Hall–Kier alpha value is -6.78. The summed E-state index contributed by atoms with van der Waals surface area (Å²) < 4.78 is 2.71. The number of aromatic nitrogens is 1. The third-order valence-electron chi connectivity index (χ3n) is 19.7. The van der Waals surface area contributed by atoms with Crippen molar-refractivity contribution in [1.82, 2.24) is 4.57 Å². The van der Waals surface area contributed by atoms with Gasteiger partial charge in [0.25, 0.3) is 0 Å². The van der Waals surface area contributed by atoms with Crippen LogP contribution in [-0.2, 0) is 37.9 Å². The van der Waals surface area contributed by atoms with Crippen LogP contribution < -0.4 is 20.6 Å². The number of nitrogens with zero attached hydrogens (tertiary/aromatic N) is 3. The van der Waals surface area contributed by atoms with Crippen LogP contribution in [0.2, 0.25) is 0 Å². The fraction of sp³-hybridized carbons (Fsp3) is 0.368. The Morgan fingerprint density at radius 2 is 0.988 bits per heavy atom. The van der Waals surface area contributed by atoms with Crippen molar-refractivity contribution in [1.29, 1.82) is 0 Å². The standard InChI is InChI=1S/C76H84BN3/c1-45-38-59-60(75(16,17)37-36-74(59,14)15)44-64(45)80-63-35-33-52(78(50-29-24-46(25-30-50)70(2,3)4)51-31-26-47(27-32-51)71(5,6)7)42-57(63)66-67-55(53-22-20-21-23-58(53)76(67,18)19)43-65-68(66)77(80)61-41-49(73(11,12)13)40-56-54-39-48(72(8,9)10)28-34-62(54)79(65)69(56)61/h20-35,38-44H,36-37H2,1-19H3. The van der Waals surface area contributed by atoms with E-state index in [2.05, 4.69) is 285 Å². The molecule has 0 saturated heterocycles. The molecule has 2 aliphatic carbocycles. The molecule has 3 heterocycles. The maximum atomic E-state index is 2.84. The van der Waals surface area contributed by atoms with Crippen LogP contribution in [0.1, 0.15) is 188 Å². The highest BCUT2D eigenvalue weighted by atomic mass is 15.2. The topological polar surface area (TPSA) is 11.4 Å². The monoisotopic (exact) mass is 1050 g/mol. The highest BCUT2D eigenvalue weighted by molar-refractivity contribution is 6.93. The zero-order valence-corrected chi connectivity index (χ0v) is 51.6. The Labute approximate surface area is 479 Å². The maximum absolute atomic E-state index is 2.84. The van der Waals surface area contributed by atoms with Crippen molar-refractivity contribution < 1.29 is 0 Å². The van der Waals surface area contributed by atoms with E-state index < -0.39 is 0 Å². The SMILES string of the molecule is Cc1cc2c(cc1N1B3c4c(cc5c(c4-c4cc(N(c6ccc(C(C)(C)C)cc6)c6ccc(C(C)(C)C)cc6)ccc41)C(C)(C)c1ccccc1-5)-n1c4ccc(C(C)(C)C)cc4c4cc(C(C)(C)C)cc3c41)C(C)(C)CCC2(C)C. The summed E-state index contributed by atoms with van der Waals surface area (Å²) in [5.74, 6) is 0. The first-order valence-electron chi connectivity index (χ1n) is 29.9. The molecule has 0 bridgehead atoms. The Bertz CT molecular complexity index is 4020. The summed E-state index contributed by atoms with van der Waals surface area (Å²) in [6.45, 7) is 45.3. The minimum Gasteiger partial charge on any atom is -0.376 e. The largest absolute Gasteiger partial charge is 0.376 e. The Morgan fingerprint density at radius 1 is 0.450 bits per heavy atom. The molecule has 0 atom stereocenters. The van der Waals surface area contributed by atoms with Crippen LogP contribution in [0.3, 0.4) is 0 Å². The van der Waals surface area contributed by atoms with Gasteiger partial charge in [0, 0.05) is 55.9 Å². The summed E-state index contributed by atoms with van der Waals surface area (Å²) in [5, 5.41) is 2.68. The zero-order chi connectivity index (χ0) is 56.9. The van der Waals surface area contributed by atoms with Crippen molar-refractivity contribution in [3.63, 3.8) is 0 Å². The molecule has 0 fully saturated rings. The van der Waals surface area contributed by atoms with Gasteiger partial charge in [-0.2, -0.15) is 0 Å². The molecule has 8 aromatic carbocycles. The van der Waals surface area contributed by atoms with Crippen LogP contribution in [0.15, 0.2) is 140 Å². The van der Waals surface area contributed by atoms with Crippen LogP contribution in [0.25, 0.3) is 49.7 Å². The van der Waals surface area contributed by atoms with Gasteiger partial charge in [0.2, 0.25) is 0 Å². The van der Waals surface area contributed by atoms with Gasteiger partial charge >= 0.3 is 6.85 Å². The van der Waals surface area contributed by atoms with Gasteiger partial charge in [-0.1, -0.05) is 191 Å². The zero-order valence-electron chi connectivity index (χ0n) is 51.6. The molecule has 406 valence electrons. The van der Waals surface area contributed by atoms with Gasteiger partial charge < -0.3 is 14.3 Å². The lowest BCUT2D eigenvalue weighted by Crippen LogP contribution is -2.61. The predicted octanol–water partition coefficient (Wildman–Crippen LogP) is 19.6. The smallest absolute Gasteiger partial charge is 0.333 e. The minimum atomic E-state index is -0.290. The van der Waals surface area contributed by atoms with Crippen LogP contribution in [-0.4, -0.2) is 11.4 Å². The predicted molar refractivity (Wildman–Crippen MR) is 347 cm³/mol. The lowest BCUT2D eigenvalue weighted by atomic mass is 9.43. The van der Waals surface area contributed by atoms with Crippen molar-refractivity contribution in [2.45, 2.75) is 182 Å². The number of anilines is 5. The molecule has 3 nitrogen and oxygen atoms in total. The van der Waals surface area contributed by atoms with Gasteiger partial charge in [-0.05, 0) is 203 Å². The normalized spacial score (nSPS) is 16.6. The van der Waals surface area contributed by atoms with E-state index in [1.807, 2.05) is 0 Å².